The van der Waals surface area contributed by atoms with E-state index >= 15 is 0 Å². The fourth-order valence-electron chi connectivity index (χ4n) is 12.7. The molecule has 8 atom stereocenters. The van der Waals surface area contributed by atoms with Crippen LogP contribution in [0.2, 0.25) is 0 Å². The minimum atomic E-state index is -1.58. The van der Waals surface area contributed by atoms with Gasteiger partial charge in [-0.3, -0.25) is 101 Å². The number of primary amides is 1. The highest BCUT2D eigenvalue weighted by molar-refractivity contribution is 6.21. The summed E-state index contributed by atoms with van der Waals surface area (Å²) in [5.41, 5.74) is 54.1. The normalized spacial score (nSPS) is 12.9. The van der Waals surface area contributed by atoms with Gasteiger partial charge in [-0.15, -0.1) is 0 Å². The quantitative estimate of drug-likeness (QED) is 0.00746. The van der Waals surface area contributed by atoms with Gasteiger partial charge in [-0.25, -0.2) is 4.98 Å². The number of H-pyrrole nitrogens is 1. The summed E-state index contributed by atoms with van der Waals surface area (Å²) in [6.07, 6.45) is 4.22. The van der Waals surface area contributed by atoms with Gasteiger partial charge in [0, 0.05) is 99.6 Å². The predicted molar refractivity (Wildman–Crippen MR) is 461 cm³/mol. The van der Waals surface area contributed by atoms with Gasteiger partial charge in [0.1, 0.15) is 54.2 Å². The lowest BCUT2D eigenvalue weighted by Crippen LogP contribution is -2.60. The standard InChI is InChI=1S/C74H120N38O10/c75-57(114)44(16-6-32-95-67(76)77)104-61(117)46(18-8-34-97-69(80)81)106-63(119)48(20-10-36-99-71(84)85)108-65(121)50(22-12-38-101-73(88)89)110-66(122)51(23-13-39-102-74(90)91)109-64(120)49(21-11-37-100-72(86)87)107-62(118)47(19-9-35-98-70(82)83)105-60(116)45(17-7-33-96-68(78)79)103-52(113)24-2-1-3-29-94-59(115)41-27-25-40(26-28-41)58-111-55-42-14-4-30-92-53(42)54-43(56(55)112-58)15-5-31-93-54/h4-5,14-15,25-28,30-31,44-51H,1-3,6-13,16-24,29,32-39H2,(H2,75,114)(H,94,115)(H,103,113)(H,104,117)(H,105,116)(H,106,119)(H,107,118)(H,108,121)(H,109,120)(H,110,122)(H,111,112)(H4,76,77,95)(H4,78,79,96)(H4,80,81,97)(H4,82,83,98)(H4,84,85,99)(H4,86,87,100)(H4,88,89,101)(H4,90,91,102). The number of pyridine rings is 2. The van der Waals surface area contributed by atoms with E-state index in [1.165, 1.54) is 0 Å². The van der Waals surface area contributed by atoms with Crippen molar-refractivity contribution < 1.29 is 47.9 Å². The molecule has 44 N–H and O–H groups in total. The minimum absolute atomic E-state index is 0.00588. The Hall–Kier alpha value is -14.4. The summed E-state index contributed by atoms with van der Waals surface area (Å²) in [7, 11) is 0. The smallest absolute Gasteiger partial charge is 0.251 e. The Labute approximate surface area is 703 Å². The molecular formula is C74H120N38O10. The molecule has 666 valence electrons. The van der Waals surface area contributed by atoms with E-state index in [1.807, 2.05) is 24.3 Å². The lowest BCUT2D eigenvalue weighted by Gasteiger charge is -2.28. The molecule has 2 aromatic carbocycles. The van der Waals surface area contributed by atoms with E-state index in [4.69, 9.17) is 99.9 Å². The predicted octanol–water partition coefficient (Wildman–Crippen LogP) is -5.91. The second-order valence-corrected chi connectivity index (χ2v) is 28.6. The monoisotopic (exact) mass is 1700 g/mol. The first kappa shape index (κ1) is 98.2. The van der Waals surface area contributed by atoms with E-state index in [2.05, 4.69) is 105 Å². The largest absolute Gasteiger partial charge is 0.370 e. The molecule has 0 aliphatic carbocycles. The molecule has 0 aliphatic rings. The number of rotatable bonds is 56. The van der Waals surface area contributed by atoms with Gasteiger partial charge in [0.25, 0.3) is 5.91 Å². The van der Waals surface area contributed by atoms with Crippen LogP contribution in [0.25, 0.3) is 44.2 Å². The highest BCUT2D eigenvalue weighted by Crippen LogP contribution is 2.33. The van der Waals surface area contributed by atoms with Gasteiger partial charge < -0.3 is 147 Å². The molecule has 0 saturated heterocycles. The molecule has 3 heterocycles. The third kappa shape index (κ3) is 36.2. The number of aromatic nitrogens is 4. The number of carbonyl (C=O) groups excluding carboxylic acids is 10. The molecule has 48 nitrogen and oxygen atoms in total. The topological polar surface area (TPSA) is 855 Å². The average Bonchev–Trinajstić information content (AvgIpc) is 1.51. The number of benzene rings is 2. The highest BCUT2D eigenvalue weighted by Gasteiger charge is 2.35. The lowest BCUT2D eigenvalue weighted by molar-refractivity contribution is -0.136. The molecule has 0 bridgehead atoms. The summed E-state index contributed by atoms with van der Waals surface area (Å²) < 4.78 is 0. The maximum Gasteiger partial charge on any atom is 0.251 e. The molecular weight excluding hydrogens is 1580 g/mol. The van der Waals surface area contributed by atoms with Crippen LogP contribution in [0.5, 0.6) is 0 Å². The first-order valence-electron chi connectivity index (χ1n) is 40.0. The molecule has 0 aliphatic heterocycles. The van der Waals surface area contributed by atoms with Crippen molar-refractivity contribution in [2.45, 2.75) is 177 Å². The summed E-state index contributed by atoms with van der Waals surface area (Å²) in [5, 5.41) is 108. The Balaban J connectivity index is 1.35. The molecule has 5 rings (SSSR count). The van der Waals surface area contributed by atoms with Crippen molar-refractivity contribution in [1.29, 1.82) is 43.3 Å². The van der Waals surface area contributed by atoms with Gasteiger partial charge in [0.05, 0.1) is 22.1 Å². The summed E-state index contributed by atoms with van der Waals surface area (Å²) in [4.78, 5) is 160. The SMILES string of the molecule is N=C(N)NCCCC(NC(=O)C(CCCNC(=N)N)NC(=O)C(CCCNC(=N)N)NC(=O)C(CCCNC(=N)N)NC(=O)C(CCCNC(=N)N)NC(=O)C(CCCNC(=N)N)NC(=O)C(CCCNC(=N)N)NC(=O)C(CCCNC(=N)N)NC(=O)CCCCCNC(=O)c1ccc(-c2nc3c4cccnc4c4ncccc4c3[nH]2)cc1)C(N)=O. The number of nitrogens with one attached hydrogen (secondary N) is 26. The number of nitrogens with two attached hydrogens (primary N) is 9. The molecule has 0 saturated carbocycles. The van der Waals surface area contributed by atoms with E-state index in [1.54, 1.807) is 36.7 Å². The zero-order valence-corrected chi connectivity index (χ0v) is 68.0. The van der Waals surface area contributed by atoms with Gasteiger partial charge in [-0.05, 0) is 152 Å². The number of hydrogen-bond acceptors (Lipinski definition) is 21. The fraction of sp³-hybridized carbons (Fsp3) is 0.500. The van der Waals surface area contributed by atoms with E-state index in [0.717, 1.165) is 38.4 Å². The Kier molecular flexibility index (Phi) is 42.2. The highest BCUT2D eigenvalue weighted by atomic mass is 16.2. The summed E-state index contributed by atoms with van der Waals surface area (Å²) in [5.74, 6) is -10.9. The molecule has 0 spiro atoms. The van der Waals surface area contributed by atoms with Gasteiger partial charge in [0.15, 0.2) is 47.7 Å². The first-order valence-corrected chi connectivity index (χ1v) is 40.0. The second-order valence-electron chi connectivity index (χ2n) is 28.6. The first-order chi connectivity index (χ1) is 58.2. The number of aromatic amines is 1. The van der Waals surface area contributed by atoms with Gasteiger partial charge in [-0.1, -0.05) is 18.6 Å². The molecule has 3 aromatic heterocycles. The van der Waals surface area contributed by atoms with Crippen LogP contribution in [0.15, 0.2) is 60.9 Å². The molecule has 5 aromatic rings. The minimum Gasteiger partial charge on any atom is -0.370 e. The molecule has 122 heavy (non-hydrogen) atoms. The lowest BCUT2D eigenvalue weighted by atomic mass is 10.0. The summed E-state index contributed by atoms with van der Waals surface area (Å²) in [6, 6.07) is 2.89. The van der Waals surface area contributed by atoms with Crippen LogP contribution in [-0.4, -0.2) is 234 Å². The van der Waals surface area contributed by atoms with E-state index in [9.17, 15) is 47.9 Å². The number of amides is 10. The number of nitrogens with zero attached hydrogens (tertiary/aromatic N) is 3. The van der Waals surface area contributed by atoms with Crippen LogP contribution in [0, 0.1) is 43.3 Å². The number of carbonyl (C=O) groups is 10. The zero-order chi connectivity index (χ0) is 89.6. The van der Waals surface area contributed by atoms with E-state index in [0.29, 0.717) is 30.7 Å². The zero-order valence-electron chi connectivity index (χ0n) is 68.0. The molecule has 10 amide bonds. The Bertz CT molecular complexity index is 4370. The van der Waals surface area contributed by atoms with Crippen molar-refractivity contribution in [1.82, 2.24) is 110 Å². The fourth-order valence-corrected chi connectivity index (χ4v) is 12.7. The number of hydrogen-bond donors (Lipinski definition) is 35. The maximum atomic E-state index is 15.0. The van der Waals surface area contributed by atoms with Crippen molar-refractivity contribution in [3.63, 3.8) is 0 Å². The number of imidazole rings is 1. The van der Waals surface area contributed by atoms with Crippen LogP contribution in [0.1, 0.15) is 139 Å². The van der Waals surface area contributed by atoms with E-state index in [-0.39, 0.29) is 192 Å². The Morgan fingerprint density at radius 2 is 0.590 bits per heavy atom. The summed E-state index contributed by atoms with van der Waals surface area (Å²) >= 11 is 0. The van der Waals surface area contributed by atoms with Crippen molar-refractivity contribution in [3.8, 4) is 11.4 Å². The number of unbranched alkanes of at least 4 members (excludes halogenated alkanes) is 2. The molecule has 0 fully saturated rings. The van der Waals surface area contributed by atoms with Crippen molar-refractivity contribution in [2.75, 3.05) is 58.9 Å². The third-order valence-electron chi connectivity index (χ3n) is 18.8. The third-order valence-corrected chi connectivity index (χ3v) is 18.8. The number of fused-ring (bicyclic) bond motifs is 6. The van der Waals surface area contributed by atoms with Gasteiger partial charge in [-0.2, -0.15) is 0 Å². The maximum absolute atomic E-state index is 15.0. The molecule has 48 heteroatoms. The van der Waals surface area contributed by atoms with Crippen molar-refractivity contribution in [2.24, 2.45) is 51.6 Å². The van der Waals surface area contributed by atoms with Gasteiger partial charge >= 0.3 is 0 Å². The number of guanidine groups is 8. The Morgan fingerprint density at radius 3 is 0.902 bits per heavy atom. The van der Waals surface area contributed by atoms with Crippen LogP contribution < -0.4 is 142 Å². The van der Waals surface area contributed by atoms with Crippen molar-refractivity contribution in [3.05, 3.63) is 66.5 Å². The second kappa shape index (κ2) is 52.4. The van der Waals surface area contributed by atoms with Crippen molar-refractivity contribution >= 4 is 140 Å². The Morgan fingerprint density at radius 1 is 0.311 bits per heavy atom. The molecule has 0 radical (unpaired) electrons. The van der Waals surface area contributed by atoms with Crippen LogP contribution in [0.3, 0.4) is 0 Å². The van der Waals surface area contributed by atoms with Gasteiger partial charge in [0.2, 0.25) is 53.2 Å². The average molecular weight is 1700 g/mol. The van der Waals surface area contributed by atoms with E-state index < -0.39 is 131 Å². The van der Waals surface area contributed by atoms with Crippen LogP contribution in [0.4, 0.5) is 0 Å². The van der Waals surface area contributed by atoms with Crippen LogP contribution in [-0.2, 0) is 43.2 Å². The molecule has 8 unspecified atom stereocenters. The van der Waals surface area contributed by atoms with Crippen LogP contribution >= 0.6 is 0 Å². The summed E-state index contributed by atoms with van der Waals surface area (Å²) in [6.45, 7) is 0.564.